The lowest BCUT2D eigenvalue weighted by Crippen LogP contribution is -2.56. The average Bonchev–Trinajstić information content (AvgIpc) is 3.45. The number of rotatable bonds is 7. The minimum atomic E-state index is -0.506. The highest BCUT2D eigenvalue weighted by Gasteiger charge is 2.53. The van der Waals surface area contributed by atoms with Gasteiger partial charge >= 0.3 is 0 Å². The normalized spacial score (nSPS) is 33.2. The van der Waals surface area contributed by atoms with Crippen LogP contribution in [0.5, 0.6) is 0 Å². The van der Waals surface area contributed by atoms with E-state index in [-0.39, 0.29) is 47.8 Å². The highest BCUT2D eigenvalue weighted by atomic mass is 16.2. The van der Waals surface area contributed by atoms with Crippen molar-refractivity contribution in [3.05, 3.63) is 0 Å². The van der Waals surface area contributed by atoms with E-state index >= 15 is 0 Å². The number of hydrogen-bond acceptors (Lipinski definition) is 4. The van der Waals surface area contributed by atoms with Gasteiger partial charge in [0.1, 0.15) is 12.1 Å². The number of aliphatic imine (C=N–C) groups is 1. The number of Topliss-reactive ketones (excluding diaryl/α,β-unsaturated/α-hetero) is 1. The van der Waals surface area contributed by atoms with Gasteiger partial charge in [0.05, 0.1) is 12.1 Å². The van der Waals surface area contributed by atoms with Gasteiger partial charge in [-0.15, -0.1) is 0 Å². The maximum absolute atomic E-state index is 14.4. The molecule has 0 radical (unpaired) electrons. The molecule has 0 aromatic rings. The van der Waals surface area contributed by atoms with Gasteiger partial charge < -0.3 is 9.80 Å². The lowest BCUT2D eigenvalue weighted by molar-refractivity contribution is -0.143. The number of amides is 2. The summed E-state index contributed by atoms with van der Waals surface area (Å²) >= 11 is 0. The van der Waals surface area contributed by atoms with E-state index in [4.69, 9.17) is 4.99 Å². The van der Waals surface area contributed by atoms with Gasteiger partial charge in [0.2, 0.25) is 11.9 Å². The van der Waals surface area contributed by atoms with Crippen molar-refractivity contribution in [1.82, 2.24) is 14.7 Å². The van der Waals surface area contributed by atoms with Crippen LogP contribution in [0.15, 0.2) is 4.99 Å². The highest BCUT2D eigenvalue weighted by molar-refractivity contribution is 6.08. The topological polar surface area (TPSA) is 73.3 Å². The predicted molar refractivity (Wildman–Crippen MR) is 150 cm³/mol. The number of guanidine groups is 1. The zero-order chi connectivity index (χ0) is 26.8. The van der Waals surface area contributed by atoms with Crippen molar-refractivity contribution in [2.24, 2.45) is 10.9 Å². The van der Waals surface area contributed by atoms with Crippen LogP contribution in [0.1, 0.15) is 130 Å². The molecule has 7 heteroatoms. The third kappa shape index (κ3) is 5.28. The van der Waals surface area contributed by atoms with Crippen LogP contribution in [0.3, 0.4) is 0 Å². The second kappa shape index (κ2) is 12.1. The molecule has 0 spiro atoms. The van der Waals surface area contributed by atoms with Crippen LogP contribution in [0.2, 0.25) is 0 Å². The second-order valence-corrected chi connectivity index (χ2v) is 12.8. The van der Waals surface area contributed by atoms with Gasteiger partial charge in [-0.2, -0.15) is 0 Å². The molecule has 1 unspecified atom stereocenters. The molecule has 2 amide bonds. The summed E-state index contributed by atoms with van der Waals surface area (Å²) in [5.74, 6) is 1.47. The molecule has 0 bridgehead atoms. The van der Waals surface area contributed by atoms with Gasteiger partial charge in [0.25, 0.3) is 5.91 Å². The molecule has 5 rings (SSSR count). The van der Waals surface area contributed by atoms with Crippen molar-refractivity contribution >= 4 is 23.6 Å². The molecule has 3 aliphatic carbocycles. The van der Waals surface area contributed by atoms with Crippen LogP contribution in [-0.2, 0) is 14.4 Å². The van der Waals surface area contributed by atoms with E-state index in [9.17, 15) is 14.4 Å². The largest absolute Gasteiger partial charge is 0.328 e. The van der Waals surface area contributed by atoms with Crippen LogP contribution in [-0.4, -0.2) is 74.5 Å². The summed E-state index contributed by atoms with van der Waals surface area (Å²) in [5, 5.41) is 0. The number of carbonyl (C=O) groups excluding carboxylic acids is 3. The number of nitrogens with zero attached hydrogens (tertiary/aromatic N) is 4. The molecule has 5 aliphatic rings. The maximum atomic E-state index is 14.4. The fraction of sp³-hybridized carbons (Fsp3) is 0.871. The molecule has 7 nitrogen and oxygen atoms in total. The first-order valence-electron chi connectivity index (χ1n) is 15.9. The molecule has 0 N–H and O–H groups in total. The van der Waals surface area contributed by atoms with Crippen LogP contribution in [0.25, 0.3) is 0 Å². The SMILES string of the molecule is CCCC1C(=O)N(C2CCCCC2)C(=NC2CCCCC2)N1[C@@H](C)C(=O)N1[C@H](C(C)=O)C[C@@H]2CCCC[C@@H]21. The molecule has 212 valence electrons. The molecule has 5 atom stereocenters. The Bertz CT molecular complexity index is 907. The monoisotopic (exact) mass is 526 g/mol. The third-order valence-electron chi connectivity index (χ3n) is 10.3. The van der Waals surface area contributed by atoms with E-state index < -0.39 is 6.04 Å². The summed E-state index contributed by atoms with van der Waals surface area (Å²) in [6, 6.07) is -0.609. The summed E-state index contributed by atoms with van der Waals surface area (Å²) in [4.78, 5) is 52.8. The Morgan fingerprint density at radius 3 is 2.21 bits per heavy atom. The number of fused-ring (bicyclic) bond motifs is 1. The third-order valence-corrected chi connectivity index (χ3v) is 10.3. The molecule has 3 saturated carbocycles. The summed E-state index contributed by atoms with van der Waals surface area (Å²) < 4.78 is 0. The first-order chi connectivity index (χ1) is 18.4. The fourth-order valence-corrected chi connectivity index (χ4v) is 8.28. The van der Waals surface area contributed by atoms with Crippen molar-refractivity contribution in [1.29, 1.82) is 0 Å². The number of carbonyl (C=O) groups is 3. The molecule has 2 saturated heterocycles. The molecule has 38 heavy (non-hydrogen) atoms. The van der Waals surface area contributed by atoms with E-state index in [0.717, 1.165) is 83.0 Å². The van der Waals surface area contributed by atoms with E-state index in [2.05, 4.69) is 11.8 Å². The standard InChI is InChI=1S/C31H50N4O3/c1-4-13-27-30(38)34(25-17-9-6-10-18-25)31(32-24-15-7-5-8-16-24)33(27)21(2)29(37)35-26-19-12-11-14-23(26)20-28(35)22(3)36/h21,23-28H,4-20H2,1-3H3/t21-,23-,26-,27?,28-/m0/s1. The van der Waals surface area contributed by atoms with Gasteiger partial charge in [-0.25, -0.2) is 4.99 Å². The van der Waals surface area contributed by atoms with Crippen molar-refractivity contribution in [3.63, 3.8) is 0 Å². The number of hydrogen-bond donors (Lipinski definition) is 0. The van der Waals surface area contributed by atoms with E-state index in [1.54, 1.807) is 6.92 Å². The lowest BCUT2D eigenvalue weighted by Gasteiger charge is -2.39. The number of ketones is 1. The van der Waals surface area contributed by atoms with Crippen LogP contribution in [0.4, 0.5) is 0 Å². The zero-order valence-electron chi connectivity index (χ0n) is 24.1. The predicted octanol–water partition coefficient (Wildman–Crippen LogP) is 5.46. The highest BCUT2D eigenvalue weighted by Crippen LogP contribution is 2.41. The first kappa shape index (κ1) is 27.6. The fourth-order valence-electron chi connectivity index (χ4n) is 8.28. The Labute approximate surface area is 229 Å². The molecule has 0 aromatic heterocycles. The van der Waals surface area contributed by atoms with Gasteiger partial charge in [0.15, 0.2) is 5.78 Å². The molecule has 5 fully saturated rings. The zero-order valence-corrected chi connectivity index (χ0v) is 24.1. The van der Waals surface area contributed by atoms with Crippen molar-refractivity contribution in [2.45, 2.75) is 166 Å². The Morgan fingerprint density at radius 2 is 1.55 bits per heavy atom. The molecular weight excluding hydrogens is 476 g/mol. The minimum absolute atomic E-state index is 0.0235. The summed E-state index contributed by atoms with van der Waals surface area (Å²) in [6.45, 7) is 5.75. The minimum Gasteiger partial charge on any atom is -0.328 e. The molecular formula is C31H50N4O3. The van der Waals surface area contributed by atoms with Gasteiger partial charge in [-0.05, 0) is 71.1 Å². The van der Waals surface area contributed by atoms with Crippen LogP contribution in [0, 0.1) is 5.92 Å². The van der Waals surface area contributed by atoms with Gasteiger partial charge in [0, 0.05) is 12.1 Å². The Hall–Kier alpha value is -1.92. The average molecular weight is 527 g/mol. The smallest absolute Gasteiger partial charge is 0.252 e. The molecule has 2 aliphatic heterocycles. The van der Waals surface area contributed by atoms with E-state index in [0.29, 0.717) is 5.92 Å². The summed E-state index contributed by atoms with van der Waals surface area (Å²) in [7, 11) is 0. The maximum Gasteiger partial charge on any atom is 0.252 e. The summed E-state index contributed by atoms with van der Waals surface area (Å²) in [5.41, 5.74) is 0. The van der Waals surface area contributed by atoms with Crippen LogP contribution < -0.4 is 0 Å². The lowest BCUT2D eigenvalue weighted by atomic mass is 9.84. The Kier molecular flexibility index (Phi) is 8.79. The first-order valence-corrected chi connectivity index (χ1v) is 15.9. The quantitative estimate of drug-likeness (QED) is 0.442. The molecule has 0 aromatic carbocycles. The van der Waals surface area contributed by atoms with Crippen LogP contribution >= 0.6 is 0 Å². The van der Waals surface area contributed by atoms with E-state index in [1.807, 2.05) is 16.7 Å². The number of likely N-dealkylation sites (tertiary alicyclic amines) is 1. The van der Waals surface area contributed by atoms with Crippen molar-refractivity contribution in [3.8, 4) is 0 Å². The van der Waals surface area contributed by atoms with Crippen molar-refractivity contribution < 1.29 is 14.4 Å². The Balaban J connectivity index is 1.50. The molecule has 2 heterocycles. The van der Waals surface area contributed by atoms with Gasteiger partial charge in [-0.3, -0.25) is 19.3 Å². The second-order valence-electron chi connectivity index (χ2n) is 12.8. The van der Waals surface area contributed by atoms with E-state index in [1.165, 1.54) is 32.1 Å². The Morgan fingerprint density at radius 1 is 0.921 bits per heavy atom. The van der Waals surface area contributed by atoms with Gasteiger partial charge in [-0.1, -0.05) is 64.7 Å². The summed E-state index contributed by atoms with van der Waals surface area (Å²) in [6.07, 6.45) is 18.1. The van der Waals surface area contributed by atoms with Crippen molar-refractivity contribution in [2.75, 3.05) is 0 Å².